The molecule has 0 saturated heterocycles. The van der Waals surface area contributed by atoms with E-state index >= 15 is 0 Å². The van der Waals surface area contributed by atoms with E-state index in [-0.39, 0.29) is 0 Å². The molecule has 3 heteroatoms. The van der Waals surface area contributed by atoms with Crippen molar-refractivity contribution in [2.45, 2.75) is 19.8 Å². The highest BCUT2D eigenvalue weighted by molar-refractivity contribution is 9.10. The molecule has 0 spiro atoms. The number of benzene rings is 2. The van der Waals surface area contributed by atoms with Crippen LogP contribution in [0.2, 0.25) is 0 Å². The molecular weight excluding hydrogens is 390 g/mol. The third-order valence-electron chi connectivity index (χ3n) is 3.59. The van der Waals surface area contributed by atoms with E-state index in [4.69, 9.17) is 0 Å². The first-order valence-corrected chi connectivity index (χ1v) is 8.96. The van der Waals surface area contributed by atoms with Crippen molar-refractivity contribution >= 4 is 31.9 Å². The van der Waals surface area contributed by atoms with E-state index in [1.54, 1.807) is 0 Å². The fourth-order valence-corrected chi connectivity index (χ4v) is 3.20. The molecule has 0 fully saturated rings. The normalized spacial score (nSPS) is 12.3. The van der Waals surface area contributed by atoms with Gasteiger partial charge < -0.3 is 5.32 Å². The van der Waals surface area contributed by atoms with Crippen molar-refractivity contribution in [1.29, 1.82) is 0 Å². The highest BCUT2D eigenvalue weighted by Crippen LogP contribution is 2.22. The molecule has 0 amide bonds. The zero-order chi connectivity index (χ0) is 15.1. The second-order valence-corrected chi connectivity index (χ2v) is 7.07. The zero-order valence-corrected chi connectivity index (χ0v) is 15.5. The molecule has 112 valence electrons. The summed E-state index contributed by atoms with van der Waals surface area (Å²) in [5.74, 6) is 0.602. The maximum Gasteiger partial charge on any atom is 0.0207 e. The molecule has 1 atom stereocenters. The number of rotatable bonds is 7. The predicted molar refractivity (Wildman–Crippen MR) is 97.7 cm³/mol. The Morgan fingerprint density at radius 1 is 0.952 bits per heavy atom. The fraction of sp³-hybridized carbons (Fsp3) is 0.333. The minimum atomic E-state index is 0.602. The number of hydrogen-bond acceptors (Lipinski definition) is 1. The first-order chi connectivity index (χ1) is 10.2. The average molecular weight is 411 g/mol. The van der Waals surface area contributed by atoms with Gasteiger partial charge in [0.2, 0.25) is 0 Å². The van der Waals surface area contributed by atoms with Crippen molar-refractivity contribution in [3.05, 3.63) is 68.6 Å². The molecule has 0 aliphatic carbocycles. The van der Waals surface area contributed by atoms with E-state index in [2.05, 4.69) is 92.6 Å². The van der Waals surface area contributed by atoms with Gasteiger partial charge in [-0.05, 0) is 61.2 Å². The highest BCUT2D eigenvalue weighted by atomic mass is 79.9. The summed E-state index contributed by atoms with van der Waals surface area (Å²) in [4.78, 5) is 0. The molecule has 1 N–H and O–H groups in total. The summed E-state index contributed by atoms with van der Waals surface area (Å²) in [5, 5.41) is 3.50. The summed E-state index contributed by atoms with van der Waals surface area (Å²) in [6, 6.07) is 17.2. The number of hydrogen-bond donors (Lipinski definition) is 1. The number of nitrogens with one attached hydrogen (secondary N) is 1. The summed E-state index contributed by atoms with van der Waals surface area (Å²) in [7, 11) is 0. The Kier molecular flexibility index (Phi) is 6.94. The summed E-state index contributed by atoms with van der Waals surface area (Å²) in [6.07, 6.45) is 2.19. The molecule has 21 heavy (non-hydrogen) atoms. The van der Waals surface area contributed by atoms with Crippen LogP contribution in [-0.4, -0.2) is 13.1 Å². The van der Waals surface area contributed by atoms with E-state index < -0.39 is 0 Å². The Balaban J connectivity index is 2.07. The molecule has 0 radical (unpaired) electrons. The Labute approximate surface area is 144 Å². The molecule has 2 aromatic rings. The molecular formula is C18H21Br2N. The van der Waals surface area contributed by atoms with Crippen molar-refractivity contribution in [3.8, 4) is 0 Å². The minimum Gasteiger partial charge on any atom is -0.317 e. The van der Waals surface area contributed by atoms with Crippen LogP contribution in [0.1, 0.15) is 18.1 Å². The molecule has 0 aliphatic rings. The maximum absolute atomic E-state index is 3.66. The monoisotopic (exact) mass is 409 g/mol. The largest absolute Gasteiger partial charge is 0.317 e. The van der Waals surface area contributed by atoms with E-state index in [0.29, 0.717) is 5.92 Å². The first-order valence-electron chi connectivity index (χ1n) is 7.37. The second kappa shape index (κ2) is 8.72. The quantitative estimate of drug-likeness (QED) is 0.659. The van der Waals surface area contributed by atoms with Crippen LogP contribution in [0, 0.1) is 5.92 Å². The lowest BCUT2D eigenvalue weighted by molar-refractivity contribution is 0.477. The van der Waals surface area contributed by atoms with E-state index in [1.165, 1.54) is 15.6 Å². The molecule has 0 heterocycles. The van der Waals surface area contributed by atoms with Gasteiger partial charge in [-0.25, -0.2) is 0 Å². The summed E-state index contributed by atoms with van der Waals surface area (Å²) in [6.45, 7) is 4.23. The highest BCUT2D eigenvalue weighted by Gasteiger charge is 2.12. The van der Waals surface area contributed by atoms with Gasteiger partial charge in [-0.15, -0.1) is 0 Å². The van der Waals surface area contributed by atoms with Crippen LogP contribution in [0.25, 0.3) is 0 Å². The molecule has 2 aromatic carbocycles. The first kappa shape index (κ1) is 16.7. The van der Waals surface area contributed by atoms with Gasteiger partial charge in [0.05, 0.1) is 0 Å². The van der Waals surface area contributed by atoms with Crippen LogP contribution in [0.4, 0.5) is 0 Å². The molecule has 0 saturated carbocycles. The van der Waals surface area contributed by atoms with Gasteiger partial charge in [-0.2, -0.15) is 0 Å². The standard InChI is InChI=1S/C18H21Br2N/c1-2-21-13-15(11-14-7-9-17(19)10-8-14)12-16-5-3-4-6-18(16)20/h3-10,15,21H,2,11-13H2,1H3. The van der Waals surface area contributed by atoms with E-state index in [9.17, 15) is 0 Å². The lowest BCUT2D eigenvalue weighted by Crippen LogP contribution is -2.25. The third kappa shape index (κ3) is 5.57. The predicted octanol–water partition coefficient (Wildman–Crippen LogP) is 5.22. The van der Waals surface area contributed by atoms with E-state index in [0.717, 1.165) is 30.4 Å². The Bertz CT molecular complexity index is 551. The minimum absolute atomic E-state index is 0.602. The van der Waals surface area contributed by atoms with Gasteiger partial charge in [0, 0.05) is 8.95 Å². The smallest absolute Gasteiger partial charge is 0.0207 e. The molecule has 1 nitrogen and oxygen atoms in total. The van der Waals surface area contributed by atoms with Crippen LogP contribution in [0.3, 0.4) is 0 Å². The Morgan fingerprint density at radius 3 is 2.33 bits per heavy atom. The number of halogens is 2. The van der Waals surface area contributed by atoms with Crippen LogP contribution in [-0.2, 0) is 12.8 Å². The van der Waals surface area contributed by atoms with Gasteiger partial charge in [0.25, 0.3) is 0 Å². The summed E-state index contributed by atoms with van der Waals surface area (Å²) < 4.78 is 2.35. The van der Waals surface area contributed by atoms with E-state index in [1.807, 2.05) is 0 Å². The second-order valence-electron chi connectivity index (χ2n) is 5.30. The fourth-order valence-electron chi connectivity index (χ4n) is 2.49. The molecule has 0 aliphatic heterocycles. The van der Waals surface area contributed by atoms with Gasteiger partial charge >= 0.3 is 0 Å². The lowest BCUT2D eigenvalue weighted by atomic mass is 9.92. The zero-order valence-electron chi connectivity index (χ0n) is 12.3. The van der Waals surface area contributed by atoms with Gasteiger partial charge in [-0.3, -0.25) is 0 Å². The average Bonchev–Trinajstić information content (AvgIpc) is 2.49. The lowest BCUT2D eigenvalue weighted by Gasteiger charge is -2.18. The molecule has 1 unspecified atom stereocenters. The summed E-state index contributed by atoms with van der Waals surface area (Å²) >= 11 is 7.16. The SMILES string of the molecule is CCNCC(Cc1ccc(Br)cc1)Cc1ccccc1Br. The van der Waals surface area contributed by atoms with Crippen LogP contribution in [0.15, 0.2) is 57.5 Å². The van der Waals surface area contributed by atoms with Gasteiger partial charge in [0.15, 0.2) is 0 Å². The molecule has 0 aromatic heterocycles. The van der Waals surface area contributed by atoms with Crippen LogP contribution >= 0.6 is 31.9 Å². The topological polar surface area (TPSA) is 12.0 Å². The van der Waals surface area contributed by atoms with Gasteiger partial charge in [-0.1, -0.05) is 69.1 Å². The third-order valence-corrected chi connectivity index (χ3v) is 4.89. The van der Waals surface area contributed by atoms with Crippen molar-refractivity contribution in [2.24, 2.45) is 5.92 Å². The molecule has 2 rings (SSSR count). The van der Waals surface area contributed by atoms with Crippen molar-refractivity contribution in [2.75, 3.05) is 13.1 Å². The van der Waals surface area contributed by atoms with Crippen molar-refractivity contribution < 1.29 is 0 Å². The molecule has 0 bridgehead atoms. The van der Waals surface area contributed by atoms with Crippen LogP contribution in [0.5, 0.6) is 0 Å². The Hall–Kier alpha value is -0.640. The summed E-state index contributed by atoms with van der Waals surface area (Å²) in [5.41, 5.74) is 2.78. The van der Waals surface area contributed by atoms with Gasteiger partial charge in [0.1, 0.15) is 0 Å². The van der Waals surface area contributed by atoms with Crippen molar-refractivity contribution in [1.82, 2.24) is 5.32 Å². The Morgan fingerprint density at radius 2 is 1.67 bits per heavy atom. The maximum atomic E-state index is 3.66. The van der Waals surface area contributed by atoms with Crippen LogP contribution < -0.4 is 5.32 Å². The van der Waals surface area contributed by atoms with Crippen molar-refractivity contribution in [3.63, 3.8) is 0 Å².